The summed E-state index contributed by atoms with van der Waals surface area (Å²) in [4.78, 5) is 21.0. The zero-order valence-electron chi connectivity index (χ0n) is 18.3. The molecule has 2 amide bonds. The van der Waals surface area contributed by atoms with Crippen LogP contribution in [0.25, 0.3) is 0 Å². The molecule has 31 heavy (non-hydrogen) atoms. The summed E-state index contributed by atoms with van der Waals surface area (Å²) in [5.41, 5.74) is -0.0907. The highest BCUT2D eigenvalue weighted by Crippen LogP contribution is 2.31. The van der Waals surface area contributed by atoms with Crippen LogP contribution in [0.15, 0.2) is 24.3 Å². The number of amides is 2. The molecule has 9 heteroatoms. The number of urea groups is 1. The van der Waals surface area contributed by atoms with Gasteiger partial charge in [0.05, 0.1) is 5.56 Å². The van der Waals surface area contributed by atoms with E-state index in [1.165, 1.54) is 12.1 Å². The Balaban J connectivity index is 1.32. The maximum Gasteiger partial charge on any atom is 0.416 e. The van der Waals surface area contributed by atoms with Crippen LogP contribution in [0, 0.1) is 0 Å². The van der Waals surface area contributed by atoms with E-state index in [4.69, 9.17) is 0 Å². The fourth-order valence-electron chi connectivity index (χ4n) is 4.14. The van der Waals surface area contributed by atoms with Crippen molar-refractivity contribution < 1.29 is 18.0 Å². The highest BCUT2D eigenvalue weighted by atomic mass is 19.4. The number of benzene rings is 1. The van der Waals surface area contributed by atoms with E-state index in [1.54, 1.807) is 11.0 Å². The highest BCUT2D eigenvalue weighted by Gasteiger charge is 2.31. The summed E-state index contributed by atoms with van der Waals surface area (Å²) in [5.74, 6) is 0. The molecule has 2 heterocycles. The number of hydrogen-bond donors (Lipinski definition) is 1. The van der Waals surface area contributed by atoms with Gasteiger partial charge in [0.25, 0.3) is 0 Å². The van der Waals surface area contributed by atoms with Crippen molar-refractivity contribution in [2.24, 2.45) is 0 Å². The van der Waals surface area contributed by atoms with Crippen molar-refractivity contribution in [3.8, 4) is 0 Å². The molecule has 174 valence electrons. The van der Waals surface area contributed by atoms with Crippen molar-refractivity contribution in [3.63, 3.8) is 0 Å². The van der Waals surface area contributed by atoms with Crippen molar-refractivity contribution in [2.45, 2.75) is 25.9 Å². The Bertz CT molecular complexity index is 699. The quantitative estimate of drug-likeness (QED) is 0.661. The summed E-state index contributed by atoms with van der Waals surface area (Å²) in [5, 5.41) is 2.98. The molecular weight excluding hydrogens is 407 g/mol. The summed E-state index contributed by atoms with van der Waals surface area (Å²) in [6, 6.07) is 5.30. The molecule has 0 saturated carbocycles. The van der Waals surface area contributed by atoms with Crippen LogP contribution >= 0.6 is 0 Å². The lowest BCUT2D eigenvalue weighted by Crippen LogP contribution is -2.52. The molecule has 6 nitrogen and oxygen atoms in total. The van der Waals surface area contributed by atoms with E-state index in [2.05, 4.69) is 22.0 Å². The van der Waals surface area contributed by atoms with Gasteiger partial charge in [-0.05, 0) is 44.1 Å². The molecule has 0 radical (unpaired) electrons. The summed E-state index contributed by atoms with van der Waals surface area (Å²) in [7, 11) is 0. The van der Waals surface area contributed by atoms with Crippen LogP contribution in [0.2, 0.25) is 0 Å². The van der Waals surface area contributed by atoms with Gasteiger partial charge in [0, 0.05) is 64.6 Å². The lowest BCUT2D eigenvalue weighted by atomic mass is 10.1. The molecule has 0 unspecified atom stereocenters. The van der Waals surface area contributed by atoms with E-state index in [1.807, 2.05) is 4.90 Å². The average molecular weight is 442 g/mol. The lowest BCUT2D eigenvalue weighted by molar-refractivity contribution is -0.137. The predicted molar refractivity (Wildman–Crippen MR) is 116 cm³/mol. The number of nitrogens with zero attached hydrogens (tertiary/aromatic N) is 4. The van der Waals surface area contributed by atoms with Crippen molar-refractivity contribution in [1.29, 1.82) is 0 Å². The third-order valence-electron chi connectivity index (χ3n) is 6.19. The van der Waals surface area contributed by atoms with Crippen LogP contribution in [0.4, 0.5) is 23.7 Å². The molecule has 0 aromatic heterocycles. The maximum absolute atomic E-state index is 12.9. The number of anilines is 1. The highest BCUT2D eigenvalue weighted by molar-refractivity contribution is 5.74. The van der Waals surface area contributed by atoms with Gasteiger partial charge < -0.3 is 24.9 Å². The molecule has 1 aromatic rings. The maximum atomic E-state index is 12.9. The second kappa shape index (κ2) is 11.0. The Morgan fingerprint density at radius 2 is 1.65 bits per heavy atom. The van der Waals surface area contributed by atoms with E-state index in [-0.39, 0.29) is 6.03 Å². The molecule has 0 bridgehead atoms. The van der Waals surface area contributed by atoms with Crippen LogP contribution in [-0.4, -0.2) is 92.7 Å². The molecule has 3 rings (SSSR count). The zero-order chi connectivity index (χ0) is 22.3. The van der Waals surface area contributed by atoms with Crippen LogP contribution in [0.3, 0.4) is 0 Å². The number of likely N-dealkylation sites (N-methyl/N-ethyl adjacent to an activating group) is 1. The Labute approximate surface area is 183 Å². The first-order chi connectivity index (χ1) is 14.9. The van der Waals surface area contributed by atoms with Crippen molar-refractivity contribution in [1.82, 2.24) is 20.0 Å². The van der Waals surface area contributed by atoms with Gasteiger partial charge in [-0.2, -0.15) is 13.2 Å². The number of alkyl halides is 3. The summed E-state index contributed by atoms with van der Waals surface area (Å²) in [6.07, 6.45) is -2.33. The Hall–Kier alpha value is -2.00. The van der Waals surface area contributed by atoms with E-state index >= 15 is 0 Å². The van der Waals surface area contributed by atoms with E-state index in [9.17, 15) is 18.0 Å². The van der Waals surface area contributed by atoms with Gasteiger partial charge in [-0.15, -0.1) is 0 Å². The van der Waals surface area contributed by atoms with Gasteiger partial charge in [0.15, 0.2) is 0 Å². The second-order valence-corrected chi connectivity index (χ2v) is 8.24. The zero-order valence-corrected chi connectivity index (χ0v) is 18.3. The standard InChI is InChI=1S/C22H34F3N5O/c1-2-27-10-12-28(13-11-27)9-4-3-8-26-21(31)30-16-14-29(15-17-30)20-7-5-6-19(18-20)22(23,24)25/h5-7,18H,2-4,8-17H2,1H3,(H,26,31). The third kappa shape index (κ3) is 7.00. The van der Waals surface area contributed by atoms with E-state index in [0.29, 0.717) is 38.4 Å². The Kier molecular flexibility index (Phi) is 8.43. The average Bonchev–Trinajstić information content (AvgIpc) is 2.79. The molecule has 0 aliphatic carbocycles. The molecule has 2 aliphatic heterocycles. The third-order valence-corrected chi connectivity index (χ3v) is 6.19. The minimum atomic E-state index is -4.35. The van der Waals surface area contributed by atoms with Crippen LogP contribution in [-0.2, 0) is 6.18 Å². The van der Waals surface area contributed by atoms with E-state index < -0.39 is 11.7 Å². The number of halogens is 3. The molecule has 2 aliphatic rings. The van der Waals surface area contributed by atoms with Crippen molar-refractivity contribution in [2.75, 3.05) is 76.9 Å². The van der Waals surface area contributed by atoms with Gasteiger partial charge >= 0.3 is 12.2 Å². The summed E-state index contributed by atoms with van der Waals surface area (Å²) < 4.78 is 38.8. The molecular formula is C22H34F3N5O. The topological polar surface area (TPSA) is 42.1 Å². The fraction of sp³-hybridized carbons (Fsp3) is 0.682. The fourth-order valence-corrected chi connectivity index (χ4v) is 4.14. The van der Waals surface area contributed by atoms with E-state index in [0.717, 1.165) is 58.2 Å². The number of carbonyl (C=O) groups is 1. The molecule has 2 fully saturated rings. The minimum absolute atomic E-state index is 0.0831. The smallest absolute Gasteiger partial charge is 0.368 e. The second-order valence-electron chi connectivity index (χ2n) is 8.24. The number of rotatable bonds is 7. The molecule has 0 spiro atoms. The largest absolute Gasteiger partial charge is 0.416 e. The lowest BCUT2D eigenvalue weighted by Gasteiger charge is -2.36. The number of carbonyl (C=O) groups excluding carboxylic acids is 1. The van der Waals surface area contributed by atoms with Crippen molar-refractivity contribution >= 4 is 11.7 Å². The van der Waals surface area contributed by atoms with Gasteiger partial charge in [-0.1, -0.05) is 13.0 Å². The predicted octanol–water partition coefficient (Wildman–Crippen LogP) is 2.95. The van der Waals surface area contributed by atoms with Gasteiger partial charge in [0.1, 0.15) is 0 Å². The summed E-state index contributed by atoms with van der Waals surface area (Å²) >= 11 is 0. The first-order valence-corrected chi connectivity index (χ1v) is 11.3. The first-order valence-electron chi connectivity index (χ1n) is 11.3. The number of nitrogens with one attached hydrogen (secondary N) is 1. The Morgan fingerprint density at radius 1 is 0.968 bits per heavy atom. The number of hydrogen-bond acceptors (Lipinski definition) is 4. The molecule has 0 atom stereocenters. The monoisotopic (exact) mass is 441 g/mol. The van der Waals surface area contributed by atoms with Crippen LogP contribution < -0.4 is 10.2 Å². The Morgan fingerprint density at radius 3 is 2.29 bits per heavy atom. The minimum Gasteiger partial charge on any atom is -0.368 e. The number of piperazine rings is 2. The van der Waals surface area contributed by atoms with Gasteiger partial charge in [-0.25, -0.2) is 4.79 Å². The first kappa shape index (κ1) is 23.7. The van der Waals surface area contributed by atoms with Crippen LogP contribution in [0.5, 0.6) is 0 Å². The molecule has 2 saturated heterocycles. The normalized spacial score (nSPS) is 19.0. The SMILES string of the molecule is CCN1CCN(CCCCNC(=O)N2CCN(c3cccc(C(F)(F)F)c3)CC2)CC1. The van der Waals surface area contributed by atoms with Gasteiger partial charge in [0.2, 0.25) is 0 Å². The molecule has 1 N–H and O–H groups in total. The van der Waals surface area contributed by atoms with Gasteiger partial charge in [-0.3, -0.25) is 0 Å². The molecule has 1 aromatic carbocycles. The number of unbranched alkanes of at least 4 members (excludes halogenated alkanes) is 1. The van der Waals surface area contributed by atoms with Crippen LogP contribution in [0.1, 0.15) is 25.3 Å². The summed E-state index contributed by atoms with van der Waals surface area (Å²) in [6.45, 7) is 11.6. The van der Waals surface area contributed by atoms with Crippen molar-refractivity contribution in [3.05, 3.63) is 29.8 Å².